The molecule has 0 aliphatic heterocycles. The topological polar surface area (TPSA) is 62.7 Å². The molecular weight excluding hydrogens is 282 g/mol. The molecule has 1 aromatic carbocycles. The fraction of sp³-hybridized carbons (Fsp3) is 0.0625. The van der Waals surface area contributed by atoms with Gasteiger partial charge in [-0.1, -0.05) is 42.1 Å². The Labute approximate surface area is 126 Å². The summed E-state index contributed by atoms with van der Waals surface area (Å²) in [4.78, 5) is 8.48. The number of benzene rings is 1. The third-order valence-corrected chi connectivity index (χ3v) is 3.73. The van der Waals surface area contributed by atoms with E-state index in [2.05, 4.69) is 16.0 Å². The van der Waals surface area contributed by atoms with Gasteiger partial charge < -0.3 is 4.42 Å². The molecule has 0 fully saturated rings. The second-order valence-corrected chi connectivity index (χ2v) is 5.26. The van der Waals surface area contributed by atoms with Gasteiger partial charge in [-0.2, -0.15) is 5.26 Å². The van der Waals surface area contributed by atoms with Gasteiger partial charge >= 0.3 is 0 Å². The highest BCUT2D eigenvalue weighted by Gasteiger charge is 2.07. The van der Waals surface area contributed by atoms with Crippen molar-refractivity contribution in [2.45, 2.75) is 10.8 Å². The fourth-order valence-corrected chi connectivity index (χ4v) is 2.56. The first-order valence-corrected chi connectivity index (χ1v) is 7.33. The van der Waals surface area contributed by atoms with Crippen LogP contribution in [0, 0.1) is 11.3 Å². The van der Waals surface area contributed by atoms with Crippen molar-refractivity contribution in [3.63, 3.8) is 0 Å². The number of thioether (sulfide) groups is 1. The van der Waals surface area contributed by atoms with Crippen LogP contribution in [0.4, 0.5) is 0 Å². The highest BCUT2D eigenvalue weighted by molar-refractivity contribution is 7.98. The number of hydrogen-bond acceptors (Lipinski definition) is 5. The maximum Gasteiger partial charge on any atom is 0.205 e. The van der Waals surface area contributed by atoms with E-state index in [9.17, 15) is 0 Å². The van der Waals surface area contributed by atoms with Gasteiger partial charge in [0.05, 0.1) is 28.6 Å². The lowest BCUT2D eigenvalue weighted by atomic mass is 10.2. The first-order valence-electron chi connectivity index (χ1n) is 6.34. The Morgan fingerprint density at radius 2 is 2.00 bits per heavy atom. The van der Waals surface area contributed by atoms with Crippen molar-refractivity contribution in [1.29, 1.82) is 5.26 Å². The summed E-state index contributed by atoms with van der Waals surface area (Å²) in [5, 5.41) is 9.64. The fourth-order valence-electron chi connectivity index (χ4n) is 1.81. The zero-order valence-electron chi connectivity index (χ0n) is 11.1. The number of oxazole rings is 1. The third kappa shape index (κ3) is 3.30. The zero-order chi connectivity index (χ0) is 14.5. The number of pyridine rings is 1. The van der Waals surface area contributed by atoms with E-state index < -0.39 is 0 Å². The Kier molecular flexibility index (Phi) is 3.99. The van der Waals surface area contributed by atoms with Gasteiger partial charge in [0.25, 0.3) is 0 Å². The van der Waals surface area contributed by atoms with Crippen LogP contribution < -0.4 is 0 Å². The highest BCUT2D eigenvalue weighted by atomic mass is 32.2. The Morgan fingerprint density at radius 3 is 2.81 bits per heavy atom. The lowest BCUT2D eigenvalue weighted by molar-refractivity contribution is 0.530. The summed E-state index contributed by atoms with van der Waals surface area (Å²) in [5.74, 6) is 1.97. The summed E-state index contributed by atoms with van der Waals surface area (Å²) in [5.41, 5.74) is 1.61. The number of nitriles is 1. The number of rotatable bonds is 4. The second kappa shape index (κ2) is 6.25. The Morgan fingerprint density at radius 1 is 1.14 bits per heavy atom. The van der Waals surface area contributed by atoms with E-state index in [1.807, 2.05) is 30.3 Å². The summed E-state index contributed by atoms with van der Waals surface area (Å²) in [6.07, 6.45) is 3.36. The highest BCUT2D eigenvalue weighted by Crippen LogP contribution is 2.24. The Bertz CT molecular complexity index is 777. The van der Waals surface area contributed by atoms with E-state index in [0.29, 0.717) is 17.2 Å². The first-order chi connectivity index (χ1) is 10.3. The summed E-state index contributed by atoms with van der Waals surface area (Å²) < 4.78 is 5.72. The molecule has 0 N–H and O–H groups in total. The molecule has 5 heteroatoms. The van der Waals surface area contributed by atoms with Gasteiger partial charge in [-0.3, -0.25) is 0 Å². The van der Waals surface area contributed by atoms with E-state index in [0.717, 1.165) is 16.3 Å². The van der Waals surface area contributed by atoms with Crippen molar-refractivity contribution in [3.05, 3.63) is 66.3 Å². The molecule has 0 atom stereocenters. The number of aromatic nitrogens is 2. The molecule has 0 unspecified atom stereocenters. The molecule has 0 radical (unpaired) electrons. The number of nitrogens with zero attached hydrogens (tertiary/aromatic N) is 3. The third-order valence-electron chi connectivity index (χ3n) is 2.82. The van der Waals surface area contributed by atoms with Gasteiger partial charge in [0.1, 0.15) is 0 Å². The van der Waals surface area contributed by atoms with Crippen LogP contribution in [0.1, 0.15) is 11.5 Å². The molecule has 4 nitrogen and oxygen atoms in total. The molecule has 21 heavy (non-hydrogen) atoms. The summed E-state index contributed by atoms with van der Waals surface area (Å²) in [6.45, 7) is 0. The molecular formula is C16H11N3OS. The normalized spacial score (nSPS) is 10.2. The van der Waals surface area contributed by atoms with Crippen LogP contribution in [-0.4, -0.2) is 9.97 Å². The minimum atomic E-state index is 0.578. The first kappa shape index (κ1) is 13.4. The predicted octanol–water partition coefficient (Wildman–Crippen LogP) is 3.90. The van der Waals surface area contributed by atoms with Gasteiger partial charge in [-0.15, -0.1) is 0 Å². The van der Waals surface area contributed by atoms with Gasteiger partial charge in [-0.05, 0) is 12.1 Å². The molecule has 0 saturated carbocycles. The Balaban J connectivity index is 1.69. The molecule has 0 aliphatic rings. The van der Waals surface area contributed by atoms with Crippen molar-refractivity contribution in [2.75, 3.05) is 0 Å². The standard InChI is InChI=1S/C16H11N3OS/c17-9-12-6-7-18-16(8-12)21-11-15-19-10-14(20-15)13-4-2-1-3-5-13/h1-8,10H,11H2. The summed E-state index contributed by atoms with van der Waals surface area (Å²) in [7, 11) is 0. The van der Waals surface area contributed by atoms with Crippen molar-refractivity contribution in [3.8, 4) is 17.4 Å². The van der Waals surface area contributed by atoms with Crippen LogP contribution in [0.2, 0.25) is 0 Å². The van der Waals surface area contributed by atoms with E-state index in [4.69, 9.17) is 9.68 Å². The molecule has 3 aromatic rings. The van der Waals surface area contributed by atoms with Crippen LogP contribution in [0.15, 0.2) is 64.3 Å². The average Bonchev–Trinajstić information content (AvgIpc) is 3.03. The minimum Gasteiger partial charge on any atom is -0.440 e. The van der Waals surface area contributed by atoms with Crippen molar-refractivity contribution < 1.29 is 4.42 Å². The molecule has 102 valence electrons. The molecule has 2 aromatic heterocycles. The van der Waals surface area contributed by atoms with Crippen LogP contribution in [0.3, 0.4) is 0 Å². The number of hydrogen-bond donors (Lipinski definition) is 0. The molecule has 2 heterocycles. The van der Waals surface area contributed by atoms with Crippen LogP contribution in [-0.2, 0) is 5.75 Å². The lowest BCUT2D eigenvalue weighted by Crippen LogP contribution is -1.84. The molecule has 0 saturated heterocycles. The average molecular weight is 293 g/mol. The Hall–Kier alpha value is -2.58. The van der Waals surface area contributed by atoms with E-state index in [-0.39, 0.29) is 0 Å². The summed E-state index contributed by atoms with van der Waals surface area (Å²) in [6, 6.07) is 15.4. The maximum atomic E-state index is 8.86. The van der Waals surface area contributed by atoms with E-state index >= 15 is 0 Å². The molecule has 0 amide bonds. The van der Waals surface area contributed by atoms with Crippen molar-refractivity contribution in [1.82, 2.24) is 9.97 Å². The quantitative estimate of drug-likeness (QED) is 0.683. The molecule has 0 aliphatic carbocycles. The summed E-state index contributed by atoms with van der Waals surface area (Å²) >= 11 is 1.49. The van der Waals surface area contributed by atoms with E-state index in [1.165, 1.54) is 11.8 Å². The molecule has 0 bridgehead atoms. The van der Waals surface area contributed by atoms with Gasteiger partial charge in [0, 0.05) is 11.8 Å². The van der Waals surface area contributed by atoms with Crippen LogP contribution in [0.5, 0.6) is 0 Å². The molecule has 3 rings (SSSR count). The molecule has 0 spiro atoms. The minimum absolute atomic E-state index is 0.578. The maximum absolute atomic E-state index is 8.86. The SMILES string of the molecule is N#Cc1ccnc(SCc2ncc(-c3ccccc3)o2)c1. The lowest BCUT2D eigenvalue weighted by Gasteiger charge is -1.98. The smallest absolute Gasteiger partial charge is 0.205 e. The largest absolute Gasteiger partial charge is 0.440 e. The van der Waals surface area contributed by atoms with Gasteiger partial charge in [0.2, 0.25) is 5.89 Å². The van der Waals surface area contributed by atoms with Crippen molar-refractivity contribution >= 4 is 11.8 Å². The monoisotopic (exact) mass is 293 g/mol. The van der Waals surface area contributed by atoms with E-state index in [1.54, 1.807) is 24.5 Å². The van der Waals surface area contributed by atoms with Crippen molar-refractivity contribution in [2.24, 2.45) is 0 Å². The van der Waals surface area contributed by atoms with Gasteiger partial charge in [-0.25, -0.2) is 9.97 Å². The second-order valence-electron chi connectivity index (χ2n) is 4.27. The van der Waals surface area contributed by atoms with Crippen LogP contribution in [0.25, 0.3) is 11.3 Å². The predicted molar refractivity (Wildman–Crippen MR) is 80.5 cm³/mol. The zero-order valence-corrected chi connectivity index (χ0v) is 11.9. The van der Waals surface area contributed by atoms with Gasteiger partial charge in [0.15, 0.2) is 5.76 Å². The van der Waals surface area contributed by atoms with Crippen LogP contribution >= 0.6 is 11.8 Å².